The number of hydrogen-bond donors (Lipinski definition) is 4. The first-order chi connectivity index (χ1) is 20.2. The minimum absolute atomic E-state index is 0.499. The van der Waals surface area contributed by atoms with Gasteiger partial charge in [-0.15, -0.1) is 0 Å². The maximum absolute atomic E-state index is 3.82. The van der Waals surface area contributed by atoms with Crippen LogP contribution < -0.4 is 21.4 Å². The fourth-order valence-electron chi connectivity index (χ4n) is 6.85. The maximum atomic E-state index is 3.82. The van der Waals surface area contributed by atoms with Gasteiger partial charge in [0.1, 0.15) is 0 Å². The first-order valence-electron chi connectivity index (χ1n) is 14.3. The van der Waals surface area contributed by atoms with E-state index in [1.807, 2.05) is 0 Å². The number of hydrogen-bond acceptors (Lipinski definition) is 0. The molecule has 0 amide bonds. The van der Waals surface area contributed by atoms with Gasteiger partial charge in [0.25, 0.3) is 0 Å². The summed E-state index contributed by atoms with van der Waals surface area (Å²) < 4.78 is 0. The zero-order valence-corrected chi connectivity index (χ0v) is 22.7. The lowest BCUT2D eigenvalue weighted by molar-refractivity contribution is 0.715. The summed E-state index contributed by atoms with van der Waals surface area (Å²) in [6.45, 7) is 2.29. The van der Waals surface area contributed by atoms with Crippen molar-refractivity contribution < 1.29 is 0 Å². The highest BCUT2D eigenvalue weighted by Crippen LogP contribution is 2.27. The fraction of sp³-hybridized carbons (Fsp3) is 0.0811. The van der Waals surface area contributed by atoms with Gasteiger partial charge in [-0.3, -0.25) is 0 Å². The van der Waals surface area contributed by atoms with Crippen LogP contribution >= 0.6 is 0 Å². The molecule has 7 aromatic rings. The van der Waals surface area contributed by atoms with E-state index in [1.165, 1.54) is 48.8 Å². The van der Waals surface area contributed by atoms with E-state index in [1.54, 1.807) is 0 Å². The molecule has 1 unspecified atom stereocenters. The second kappa shape index (κ2) is 8.39. The molecule has 2 aliphatic rings. The predicted molar refractivity (Wildman–Crippen MR) is 170 cm³/mol. The number of nitrogens with one attached hydrogen (secondary N) is 4. The Balaban J connectivity index is 1.48. The van der Waals surface area contributed by atoms with E-state index in [-0.39, 0.29) is 0 Å². The SMILES string of the molecule is CC1C=Cc2c(c3[nH]c2=Cc2[nH]c(c4ccccc24)C=c2[nH]c(c4ccccc24)=Cc2[nH]c(c4ccccc24)C=3)C1. The molecular formula is C37H28N4. The molecule has 1 aliphatic carbocycles. The lowest BCUT2D eigenvalue weighted by atomic mass is 9.92. The highest BCUT2D eigenvalue weighted by atomic mass is 14.8. The van der Waals surface area contributed by atoms with E-state index in [2.05, 4.69) is 136 Å². The quantitative estimate of drug-likeness (QED) is 0.207. The summed E-state index contributed by atoms with van der Waals surface area (Å²) in [6.07, 6.45) is 14.8. The van der Waals surface area contributed by atoms with Gasteiger partial charge in [0.15, 0.2) is 0 Å². The lowest BCUT2D eigenvalue weighted by Gasteiger charge is -2.11. The van der Waals surface area contributed by atoms with Crippen LogP contribution in [0.25, 0.3) is 62.7 Å². The monoisotopic (exact) mass is 528 g/mol. The topological polar surface area (TPSA) is 63.2 Å². The zero-order chi connectivity index (χ0) is 27.1. The van der Waals surface area contributed by atoms with Crippen molar-refractivity contribution in [3.8, 4) is 0 Å². The largest absolute Gasteiger partial charge is 0.355 e. The number of aromatic nitrogens is 4. The molecule has 4 aromatic heterocycles. The Morgan fingerprint density at radius 1 is 0.488 bits per heavy atom. The summed E-state index contributed by atoms with van der Waals surface area (Å²) in [5.74, 6) is 0.499. The molecule has 4 N–H and O–H groups in total. The van der Waals surface area contributed by atoms with Gasteiger partial charge in [-0.25, -0.2) is 0 Å². The summed E-state index contributed by atoms with van der Waals surface area (Å²) in [5, 5.41) is 11.8. The first kappa shape index (κ1) is 22.6. The molecule has 5 heterocycles. The molecule has 41 heavy (non-hydrogen) atoms. The van der Waals surface area contributed by atoms with Crippen molar-refractivity contribution in [1.29, 1.82) is 0 Å². The highest BCUT2D eigenvalue weighted by Gasteiger charge is 2.17. The van der Waals surface area contributed by atoms with Crippen LogP contribution in [-0.2, 0) is 6.42 Å². The van der Waals surface area contributed by atoms with Crippen LogP contribution in [0.2, 0.25) is 0 Å². The van der Waals surface area contributed by atoms with Crippen molar-refractivity contribution in [2.75, 3.05) is 0 Å². The molecule has 0 spiro atoms. The predicted octanol–water partition coefficient (Wildman–Crippen LogP) is 5.29. The van der Waals surface area contributed by atoms with Gasteiger partial charge >= 0.3 is 0 Å². The Hall–Kier alpha value is -5.22. The minimum atomic E-state index is 0.499. The van der Waals surface area contributed by atoms with Crippen LogP contribution in [0.15, 0.2) is 78.9 Å². The van der Waals surface area contributed by atoms with Gasteiger partial charge in [-0.05, 0) is 42.2 Å². The lowest BCUT2D eigenvalue weighted by Crippen LogP contribution is -2.14. The van der Waals surface area contributed by atoms with Crippen molar-refractivity contribution in [3.63, 3.8) is 0 Å². The van der Waals surface area contributed by atoms with Gasteiger partial charge < -0.3 is 19.9 Å². The van der Waals surface area contributed by atoms with Crippen molar-refractivity contribution in [3.05, 3.63) is 134 Å². The summed E-state index contributed by atoms with van der Waals surface area (Å²) in [7, 11) is 0. The normalized spacial score (nSPS) is 15.8. The highest BCUT2D eigenvalue weighted by molar-refractivity contribution is 5.98. The van der Waals surface area contributed by atoms with Crippen LogP contribution in [-0.4, -0.2) is 19.9 Å². The molecule has 8 bridgehead atoms. The second-order valence-electron chi connectivity index (χ2n) is 11.5. The summed E-state index contributed by atoms with van der Waals surface area (Å²) in [5.41, 5.74) is 7.09. The van der Waals surface area contributed by atoms with Crippen LogP contribution in [0, 0.1) is 5.92 Å². The van der Waals surface area contributed by atoms with Gasteiger partial charge in [0.05, 0.1) is 0 Å². The van der Waals surface area contributed by atoms with Crippen molar-refractivity contribution in [2.24, 2.45) is 5.92 Å². The fourth-order valence-corrected chi connectivity index (χ4v) is 6.85. The average molecular weight is 529 g/mol. The maximum Gasteiger partial charge on any atom is 0.0485 e. The molecule has 3 aromatic carbocycles. The van der Waals surface area contributed by atoms with Crippen LogP contribution in [0.4, 0.5) is 0 Å². The van der Waals surface area contributed by atoms with Crippen molar-refractivity contribution in [2.45, 2.75) is 13.3 Å². The molecule has 9 rings (SSSR count). The molecule has 0 radical (unpaired) electrons. The van der Waals surface area contributed by atoms with E-state index in [0.29, 0.717) is 5.92 Å². The van der Waals surface area contributed by atoms with Crippen LogP contribution in [0.5, 0.6) is 0 Å². The average Bonchev–Trinajstić information content (AvgIpc) is 3.72. The number of allylic oxidation sites excluding steroid dienone is 1. The van der Waals surface area contributed by atoms with Crippen LogP contribution in [0.1, 0.15) is 40.8 Å². The second-order valence-corrected chi connectivity index (χ2v) is 11.5. The number of benzene rings is 3. The third-order valence-electron chi connectivity index (χ3n) is 8.81. The van der Waals surface area contributed by atoms with Gasteiger partial charge in [-0.1, -0.05) is 91.9 Å². The van der Waals surface area contributed by atoms with Crippen LogP contribution in [0.3, 0.4) is 0 Å². The van der Waals surface area contributed by atoms with E-state index >= 15 is 0 Å². The number of fused-ring (bicyclic) bond motifs is 20. The molecule has 1 atom stereocenters. The molecule has 1 aliphatic heterocycles. The third-order valence-corrected chi connectivity index (χ3v) is 8.81. The molecule has 196 valence electrons. The Kier molecular flexibility index (Phi) is 4.62. The zero-order valence-electron chi connectivity index (χ0n) is 22.7. The minimum Gasteiger partial charge on any atom is -0.355 e. The Bertz CT molecular complexity index is 2470. The number of rotatable bonds is 0. The summed E-state index contributed by atoms with van der Waals surface area (Å²) in [6, 6.07) is 26.0. The number of aromatic amines is 4. The first-order valence-corrected chi connectivity index (χ1v) is 14.3. The third kappa shape index (κ3) is 3.40. The smallest absolute Gasteiger partial charge is 0.0485 e. The molecule has 4 heteroatoms. The Morgan fingerprint density at radius 2 is 0.902 bits per heavy atom. The van der Waals surface area contributed by atoms with E-state index in [9.17, 15) is 0 Å². The standard InChI is InChI=1S/C37H28N4/c1-21-14-15-28-29(16-21)37-20-35-27-13-7-6-12-26(27)33(40-35)18-31-23-9-3-2-8-22(23)30(38-31)17-32-24-10-4-5-11-25(24)34(39-32)19-36(28)41-37/h2-15,17-21,38-41H,16H2,1H3. The van der Waals surface area contributed by atoms with Gasteiger partial charge in [-0.2, -0.15) is 0 Å². The molecule has 0 saturated carbocycles. The van der Waals surface area contributed by atoms with E-state index in [0.717, 1.165) is 45.2 Å². The molecule has 0 fully saturated rings. The Morgan fingerprint density at radius 3 is 1.41 bits per heavy atom. The van der Waals surface area contributed by atoms with Gasteiger partial charge in [0.2, 0.25) is 0 Å². The van der Waals surface area contributed by atoms with E-state index < -0.39 is 0 Å². The Labute approximate surface area is 235 Å². The molecule has 4 nitrogen and oxygen atoms in total. The van der Waals surface area contributed by atoms with Crippen molar-refractivity contribution >= 4 is 62.7 Å². The summed E-state index contributed by atoms with van der Waals surface area (Å²) in [4.78, 5) is 15.1. The number of H-pyrrole nitrogens is 4. The summed E-state index contributed by atoms with van der Waals surface area (Å²) >= 11 is 0. The van der Waals surface area contributed by atoms with Gasteiger partial charge in [0, 0.05) is 82.1 Å². The van der Waals surface area contributed by atoms with Crippen molar-refractivity contribution in [1.82, 2.24) is 19.9 Å². The molecule has 0 saturated heterocycles. The molecular weight excluding hydrogens is 500 g/mol. The van der Waals surface area contributed by atoms with E-state index in [4.69, 9.17) is 0 Å².